The Morgan fingerprint density at radius 1 is 1.26 bits per heavy atom. The SMILES string of the molecule is CCCCCNS(=O)(=O)c1cc(Cl)cc(CN)c1Cl. The fraction of sp³-hybridized carbons (Fsp3) is 0.500. The number of sulfonamides is 1. The highest BCUT2D eigenvalue weighted by molar-refractivity contribution is 7.89. The van der Waals surface area contributed by atoms with E-state index in [1.54, 1.807) is 6.07 Å². The smallest absolute Gasteiger partial charge is 0.242 e. The Balaban J connectivity index is 2.98. The lowest BCUT2D eigenvalue weighted by Crippen LogP contribution is -2.25. The first-order valence-corrected chi connectivity index (χ1v) is 8.34. The van der Waals surface area contributed by atoms with E-state index in [1.807, 2.05) is 0 Å². The lowest BCUT2D eigenvalue weighted by Gasteiger charge is -2.11. The molecule has 0 aromatic heterocycles. The third-order valence-corrected chi connectivity index (χ3v) is 4.92. The van der Waals surface area contributed by atoms with Crippen LogP contribution in [0.15, 0.2) is 17.0 Å². The number of nitrogens with two attached hydrogens (primary N) is 1. The normalized spacial score (nSPS) is 11.8. The van der Waals surface area contributed by atoms with Crippen LogP contribution in [-0.2, 0) is 16.6 Å². The maximum atomic E-state index is 12.1. The zero-order valence-electron chi connectivity index (χ0n) is 10.7. The first kappa shape index (κ1) is 16.7. The van der Waals surface area contributed by atoms with Crippen molar-refractivity contribution in [2.24, 2.45) is 5.73 Å². The number of rotatable bonds is 7. The van der Waals surface area contributed by atoms with Crippen LogP contribution in [0.2, 0.25) is 10.0 Å². The van der Waals surface area contributed by atoms with E-state index in [2.05, 4.69) is 11.6 Å². The molecular formula is C12H18Cl2N2O2S. The quantitative estimate of drug-likeness (QED) is 0.757. The molecule has 1 aromatic carbocycles. The zero-order valence-corrected chi connectivity index (χ0v) is 13.1. The highest BCUT2D eigenvalue weighted by atomic mass is 35.5. The van der Waals surface area contributed by atoms with Gasteiger partial charge in [-0.25, -0.2) is 13.1 Å². The Labute approximate surface area is 124 Å². The van der Waals surface area contributed by atoms with Crippen molar-refractivity contribution in [2.75, 3.05) is 6.54 Å². The Kier molecular flexibility index (Phi) is 6.56. The molecule has 7 heteroatoms. The molecule has 3 N–H and O–H groups in total. The molecular weight excluding hydrogens is 307 g/mol. The van der Waals surface area contributed by atoms with Gasteiger partial charge in [-0.2, -0.15) is 0 Å². The van der Waals surface area contributed by atoms with E-state index in [-0.39, 0.29) is 16.5 Å². The largest absolute Gasteiger partial charge is 0.326 e. The predicted octanol–water partition coefficient (Wildman–Crippen LogP) is 2.92. The Hall–Kier alpha value is -0.330. The van der Waals surface area contributed by atoms with Crippen LogP contribution in [0.4, 0.5) is 0 Å². The zero-order chi connectivity index (χ0) is 14.5. The van der Waals surface area contributed by atoms with Crippen molar-refractivity contribution >= 4 is 33.2 Å². The van der Waals surface area contributed by atoms with Crippen LogP contribution in [0.25, 0.3) is 0 Å². The number of halogens is 2. The van der Waals surface area contributed by atoms with Crippen LogP contribution in [0.3, 0.4) is 0 Å². The molecule has 0 aliphatic rings. The molecule has 0 unspecified atom stereocenters. The van der Waals surface area contributed by atoms with Crippen molar-refractivity contribution < 1.29 is 8.42 Å². The summed E-state index contributed by atoms with van der Waals surface area (Å²) < 4.78 is 26.8. The second-order valence-electron chi connectivity index (χ2n) is 4.19. The van der Waals surface area contributed by atoms with Crippen LogP contribution < -0.4 is 10.5 Å². The summed E-state index contributed by atoms with van der Waals surface area (Å²) in [5.74, 6) is 0. The summed E-state index contributed by atoms with van der Waals surface area (Å²) in [6.07, 6.45) is 2.79. The molecule has 0 atom stereocenters. The van der Waals surface area contributed by atoms with E-state index in [9.17, 15) is 8.42 Å². The Morgan fingerprint density at radius 3 is 2.53 bits per heavy atom. The van der Waals surface area contributed by atoms with Gasteiger partial charge in [0.25, 0.3) is 0 Å². The summed E-state index contributed by atoms with van der Waals surface area (Å²) >= 11 is 11.9. The molecule has 108 valence electrons. The molecule has 0 radical (unpaired) electrons. The number of hydrogen-bond donors (Lipinski definition) is 2. The fourth-order valence-corrected chi connectivity index (χ4v) is 3.64. The minimum Gasteiger partial charge on any atom is -0.326 e. The summed E-state index contributed by atoms with van der Waals surface area (Å²) in [7, 11) is -3.65. The fourth-order valence-electron chi connectivity index (χ4n) is 1.62. The van der Waals surface area contributed by atoms with Crippen LogP contribution in [-0.4, -0.2) is 15.0 Å². The second-order valence-corrected chi connectivity index (χ2v) is 6.74. The summed E-state index contributed by atoms with van der Waals surface area (Å²) in [6, 6.07) is 2.91. The van der Waals surface area contributed by atoms with Gasteiger partial charge in [-0.05, 0) is 24.1 Å². The molecule has 19 heavy (non-hydrogen) atoms. The number of hydrogen-bond acceptors (Lipinski definition) is 3. The molecule has 0 aliphatic heterocycles. The van der Waals surface area contributed by atoms with Gasteiger partial charge in [0, 0.05) is 18.1 Å². The molecule has 0 amide bonds. The topological polar surface area (TPSA) is 72.2 Å². The van der Waals surface area contributed by atoms with Crippen molar-refractivity contribution in [3.8, 4) is 0 Å². The molecule has 1 rings (SSSR count). The Morgan fingerprint density at radius 2 is 1.95 bits per heavy atom. The van der Waals surface area contributed by atoms with E-state index in [0.717, 1.165) is 19.3 Å². The molecule has 0 saturated carbocycles. The minimum absolute atomic E-state index is 0.0152. The first-order chi connectivity index (χ1) is 8.92. The van der Waals surface area contributed by atoms with E-state index in [1.165, 1.54) is 6.07 Å². The highest BCUT2D eigenvalue weighted by Crippen LogP contribution is 2.29. The molecule has 0 heterocycles. The van der Waals surface area contributed by atoms with E-state index < -0.39 is 10.0 Å². The van der Waals surface area contributed by atoms with Gasteiger partial charge < -0.3 is 5.73 Å². The maximum absolute atomic E-state index is 12.1. The highest BCUT2D eigenvalue weighted by Gasteiger charge is 2.20. The molecule has 0 bridgehead atoms. The lowest BCUT2D eigenvalue weighted by molar-refractivity contribution is 0.576. The summed E-state index contributed by atoms with van der Waals surface area (Å²) in [6.45, 7) is 2.57. The monoisotopic (exact) mass is 324 g/mol. The van der Waals surface area contributed by atoms with Gasteiger partial charge in [0.05, 0.1) is 5.02 Å². The summed E-state index contributed by atoms with van der Waals surface area (Å²) in [5, 5.41) is 0.439. The first-order valence-electron chi connectivity index (χ1n) is 6.10. The van der Waals surface area contributed by atoms with Gasteiger partial charge in [-0.1, -0.05) is 43.0 Å². The van der Waals surface area contributed by atoms with Crippen molar-refractivity contribution in [1.29, 1.82) is 0 Å². The van der Waals surface area contributed by atoms with Crippen molar-refractivity contribution in [3.63, 3.8) is 0 Å². The standard InChI is InChI=1S/C12H18Cl2N2O2S/c1-2-3-4-5-16-19(17,18)11-7-10(13)6-9(8-15)12(11)14/h6-7,16H,2-5,8,15H2,1H3. The molecule has 0 saturated heterocycles. The maximum Gasteiger partial charge on any atom is 0.242 e. The van der Waals surface area contributed by atoms with Gasteiger partial charge in [-0.3, -0.25) is 0 Å². The molecule has 0 aliphatic carbocycles. The lowest BCUT2D eigenvalue weighted by atomic mass is 10.2. The van der Waals surface area contributed by atoms with Crippen LogP contribution >= 0.6 is 23.2 Å². The van der Waals surface area contributed by atoms with Gasteiger partial charge in [0.2, 0.25) is 10.0 Å². The second kappa shape index (κ2) is 7.45. The number of nitrogens with one attached hydrogen (secondary N) is 1. The minimum atomic E-state index is -3.65. The number of benzene rings is 1. The van der Waals surface area contributed by atoms with Crippen molar-refractivity contribution in [3.05, 3.63) is 27.7 Å². The van der Waals surface area contributed by atoms with Gasteiger partial charge in [0.1, 0.15) is 4.90 Å². The molecule has 1 aromatic rings. The van der Waals surface area contributed by atoms with Crippen LogP contribution in [0.1, 0.15) is 31.7 Å². The summed E-state index contributed by atoms with van der Waals surface area (Å²) in [5.41, 5.74) is 6.03. The van der Waals surface area contributed by atoms with Crippen LogP contribution in [0.5, 0.6) is 0 Å². The van der Waals surface area contributed by atoms with E-state index in [0.29, 0.717) is 17.1 Å². The van der Waals surface area contributed by atoms with Gasteiger partial charge >= 0.3 is 0 Å². The van der Waals surface area contributed by atoms with E-state index >= 15 is 0 Å². The van der Waals surface area contributed by atoms with Gasteiger partial charge in [-0.15, -0.1) is 0 Å². The average molecular weight is 325 g/mol. The third-order valence-electron chi connectivity index (χ3n) is 2.66. The predicted molar refractivity (Wildman–Crippen MR) is 79.1 cm³/mol. The van der Waals surface area contributed by atoms with Gasteiger partial charge in [0.15, 0.2) is 0 Å². The molecule has 0 fully saturated rings. The molecule has 4 nitrogen and oxygen atoms in total. The average Bonchev–Trinajstić information content (AvgIpc) is 2.37. The van der Waals surface area contributed by atoms with Crippen molar-refractivity contribution in [2.45, 2.75) is 37.6 Å². The summed E-state index contributed by atoms with van der Waals surface area (Å²) in [4.78, 5) is -0.0152. The Bertz CT molecular complexity index is 533. The third kappa shape index (κ3) is 4.61. The van der Waals surface area contributed by atoms with Crippen LogP contribution in [0, 0.1) is 0 Å². The van der Waals surface area contributed by atoms with Crippen molar-refractivity contribution in [1.82, 2.24) is 4.72 Å². The molecule has 0 spiro atoms. The van der Waals surface area contributed by atoms with E-state index in [4.69, 9.17) is 28.9 Å². The number of unbranched alkanes of at least 4 members (excludes halogenated alkanes) is 2.